The molecule has 0 spiro atoms. The number of carbonyl (C=O) groups is 1. The monoisotopic (exact) mass is 277 g/mol. The molecule has 1 aromatic carbocycles. The highest BCUT2D eigenvalue weighted by molar-refractivity contribution is 7.13. The van der Waals surface area contributed by atoms with Gasteiger partial charge in [0.1, 0.15) is 4.88 Å². The van der Waals surface area contributed by atoms with E-state index >= 15 is 0 Å². The van der Waals surface area contributed by atoms with Crippen LogP contribution in [-0.4, -0.2) is 22.9 Å². The molecule has 0 radical (unpaired) electrons. The molecular formula is C13H11NO4S. The van der Waals surface area contributed by atoms with E-state index in [0.717, 1.165) is 16.3 Å². The molecule has 0 aliphatic carbocycles. The number of carboxylic acid groups (broad SMARTS) is 1. The fraction of sp³-hybridized carbons (Fsp3) is 0.231. The zero-order valence-electron chi connectivity index (χ0n) is 10.2. The van der Waals surface area contributed by atoms with Crippen LogP contribution in [0.15, 0.2) is 18.2 Å². The number of hydrogen-bond donors (Lipinski definition) is 1. The molecule has 19 heavy (non-hydrogen) atoms. The second-order valence-electron chi connectivity index (χ2n) is 4.18. The molecule has 5 nitrogen and oxygen atoms in total. The van der Waals surface area contributed by atoms with Gasteiger partial charge in [-0.2, -0.15) is 0 Å². The maximum atomic E-state index is 11.1. The van der Waals surface area contributed by atoms with Gasteiger partial charge in [-0.1, -0.05) is 6.07 Å². The quantitative estimate of drug-likeness (QED) is 0.933. The summed E-state index contributed by atoms with van der Waals surface area (Å²) in [5.74, 6) is 0.485. The zero-order valence-corrected chi connectivity index (χ0v) is 11.0. The number of rotatable bonds is 3. The van der Waals surface area contributed by atoms with Crippen molar-refractivity contribution in [2.75, 3.05) is 6.79 Å². The minimum Gasteiger partial charge on any atom is -0.477 e. The van der Waals surface area contributed by atoms with Crippen molar-refractivity contribution in [3.8, 4) is 11.5 Å². The lowest BCUT2D eigenvalue weighted by Gasteiger charge is -2.02. The number of aromatic nitrogens is 1. The molecule has 1 aliphatic rings. The van der Waals surface area contributed by atoms with Gasteiger partial charge in [-0.3, -0.25) is 0 Å². The Hall–Kier alpha value is -2.08. The van der Waals surface area contributed by atoms with E-state index in [2.05, 4.69) is 4.98 Å². The van der Waals surface area contributed by atoms with Gasteiger partial charge < -0.3 is 14.6 Å². The molecule has 0 amide bonds. The summed E-state index contributed by atoms with van der Waals surface area (Å²) in [5.41, 5.74) is 1.55. The van der Waals surface area contributed by atoms with E-state index in [0.29, 0.717) is 22.7 Å². The van der Waals surface area contributed by atoms with Crippen LogP contribution in [0, 0.1) is 6.92 Å². The highest BCUT2D eigenvalue weighted by Gasteiger charge is 2.18. The molecule has 3 rings (SSSR count). The summed E-state index contributed by atoms with van der Waals surface area (Å²) < 4.78 is 10.5. The van der Waals surface area contributed by atoms with Crippen molar-refractivity contribution in [2.45, 2.75) is 13.3 Å². The van der Waals surface area contributed by atoms with Crippen molar-refractivity contribution in [3.63, 3.8) is 0 Å². The average Bonchev–Trinajstić information content (AvgIpc) is 2.95. The van der Waals surface area contributed by atoms with Crippen LogP contribution in [0.1, 0.15) is 25.9 Å². The van der Waals surface area contributed by atoms with Crippen LogP contribution in [0.4, 0.5) is 0 Å². The van der Waals surface area contributed by atoms with Crippen LogP contribution in [-0.2, 0) is 6.42 Å². The number of benzene rings is 1. The number of ether oxygens (including phenoxy) is 2. The number of carboxylic acids is 1. The van der Waals surface area contributed by atoms with Crippen molar-refractivity contribution < 1.29 is 19.4 Å². The summed E-state index contributed by atoms with van der Waals surface area (Å²) >= 11 is 1.20. The highest BCUT2D eigenvalue weighted by Crippen LogP contribution is 2.33. The Morgan fingerprint density at radius 1 is 1.42 bits per heavy atom. The van der Waals surface area contributed by atoms with Gasteiger partial charge >= 0.3 is 5.97 Å². The van der Waals surface area contributed by atoms with E-state index < -0.39 is 5.97 Å². The topological polar surface area (TPSA) is 68.7 Å². The molecule has 1 aliphatic heterocycles. The van der Waals surface area contributed by atoms with Crippen LogP contribution in [0.25, 0.3) is 0 Å². The fourth-order valence-electron chi connectivity index (χ4n) is 2.00. The van der Waals surface area contributed by atoms with Gasteiger partial charge in [0.15, 0.2) is 11.5 Å². The van der Waals surface area contributed by atoms with Crippen molar-refractivity contribution in [1.82, 2.24) is 4.98 Å². The molecule has 2 aromatic rings. The summed E-state index contributed by atoms with van der Waals surface area (Å²) in [6.45, 7) is 2.04. The highest BCUT2D eigenvalue weighted by atomic mass is 32.1. The number of aromatic carboxylic acids is 1. The number of thiazole rings is 1. The van der Waals surface area contributed by atoms with Gasteiger partial charge in [0.05, 0.1) is 10.7 Å². The third-order valence-corrected chi connectivity index (χ3v) is 3.81. The molecular weight excluding hydrogens is 266 g/mol. The number of fused-ring (bicyclic) bond motifs is 1. The van der Waals surface area contributed by atoms with Gasteiger partial charge in [-0.25, -0.2) is 9.78 Å². The first kappa shape index (κ1) is 12.0. The van der Waals surface area contributed by atoms with E-state index in [9.17, 15) is 4.79 Å². The van der Waals surface area contributed by atoms with Gasteiger partial charge in [-0.05, 0) is 24.6 Å². The van der Waals surface area contributed by atoms with Crippen LogP contribution < -0.4 is 9.47 Å². The predicted molar refractivity (Wildman–Crippen MR) is 69.2 cm³/mol. The molecule has 98 valence electrons. The summed E-state index contributed by atoms with van der Waals surface area (Å²) in [6, 6.07) is 5.59. The van der Waals surface area contributed by atoms with E-state index in [1.807, 2.05) is 18.2 Å². The SMILES string of the molecule is Cc1nc(Cc2ccc3c(c2)OCO3)c(C(=O)O)s1. The molecule has 0 fully saturated rings. The summed E-state index contributed by atoms with van der Waals surface area (Å²) in [5, 5.41) is 9.90. The number of nitrogens with zero attached hydrogens (tertiary/aromatic N) is 1. The first-order valence-corrected chi connectivity index (χ1v) is 6.53. The van der Waals surface area contributed by atoms with Crippen LogP contribution in [0.3, 0.4) is 0 Å². The van der Waals surface area contributed by atoms with Crippen LogP contribution >= 0.6 is 11.3 Å². The van der Waals surface area contributed by atoms with Gasteiger partial charge in [0.2, 0.25) is 6.79 Å². The fourth-order valence-corrected chi connectivity index (χ4v) is 2.78. The molecule has 0 atom stereocenters. The van der Waals surface area contributed by atoms with Gasteiger partial charge in [-0.15, -0.1) is 11.3 Å². The molecule has 1 N–H and O–H groups in total. The standard InChI is InChI=1S/C13H11NO4S/c1-7-14-9(12(19-7)13(15)16)4-8-2-3-10-11(5-8)18-6-17-10/h2-3,5H,4,6H2,1H3,(H,15,16). The lowest BCUT2D eigenvalue weighted by atomic mass is 10.1. The predicted octanol–water partition coefficient (Wildman–Crippen LogP) is 2.47. The minimum absolute atomic E-state index is 0.231. The second kappa shape index (κ2) is 4.55. The Morgan fingerprint density at radius 3 is 3.00 bits per heavy atom. The molecule has 2 heterocycles. The normalized spacial score (nSPS) is 12.7. The van der Waals surface area contributed by atoms with Crippen molar-refractivity contribution in [1.29, 1.82) is 0 Å². The molecule has 1 aromatic heterocycles. The van der Waals surface area contributed by atoms with Crippen molar-refractivity contribution in [3.05, 3.63) is 39.3 Å². The molecule has 6 heteroatoms. The molecule has 0 saturated heterocycles. The molecule has 0 unspecified atom stereocenters. The third kappa shape index (κ3) is 2.26. The first-order valence-electron chi connectivity index (χ1n) is 5.71. The number of hydrogen-bond acceptors (Lipinski definition) is 5. The largest absolute Gasteiger partial charge is 0.477 e. The maximum absolute atomic E-state index is 11.1. The molecule has 0 saturated carbocycles. The Kier molecular flexibility index (Phi) is 2.87. The van der Waals surface area contributed by atoms with E-state index in [4.69, 9.17) is 14.6 Å². The lowest BCUT2D eigenvalue weighted by Crippen LogP contribution is -2.00. The maximum Gasteiger partial charge on any atom is 0.347 e. The van der Waals surface area contributed by atoms with E-state index in [1.54, 1.807) is 6.92 Å². The smallest absolute Gasteiger partial charge is 0.347 e. The summed E-state index contributed by atoms with van der Waals surface area (Å²) in [6.07, 6.45) is 0.475. The Labute approximate surface area is 113 Å². The number of aryl methyl sites for hydroxylation is 1. The van der Waals surface area contributed by atoms with Crippen LogP contribution in [0.2, 0.25) is 0 Å². The lowest BCUT2D eigenvalue weighted by molar-refractivity contribution is 0.0701. The Morgan fingerprint density at radius 2 is 2.21 bits per heavy atom. The van der Waals surface area contributed by atoms with E-state index in [1.165, 1.54) is 11.3 Å². The third-order valence-electron chi connectivity index (χ3n) is 2.81. The summed E-state index contributed by atoms with van der Waals surface area (Å²) in [4.78, 5) is 15.7. The van der Waals surface area contributed by atoms with Crippen LogP contribution in [0.5, 0.6) is 11.5 Å². The molecule has 0 bridgehead atoms. The first-order chi connectivity index (χ1) is 9.13. The average molecular weight is 277 g/mol. The van der Waals surface area contributed by atoms with Crippen molar-refractivity contribution in [2.24, 2.45) is 0 Å². The van der Waals surface area contributed by atoms with Gasteiger partial charge in [0.25, 0.3) is 0 Å². The Bertz CT molecular complexity index is 650. The minimum atomic E-state index is -0.929. The van der Waals surface area contributed by atoms with Gasteiger partial charge in [0, 0.05) is 6.42 Å². The van der Waals surface area contributed by atoms with E-state index in [-0.39, 0.29) is 6.79 Å². The van der Waals surface area contributed by atoms with Crippen molar-refractivity contribution >= 4 is 17.3 Å². The summed E-state index contributed by atoms with van der Waals surface area (Å²) in [7, 11) is 0. The zero-order chi connectivity index (χ0) is 13.4. The second-order valence-corrected chi connectivity index (χ2v) is 5.38. The Balaban J connectivity index is 1.91.